The summed E-state index contributed by atoms with van der Waals surface area (Å²) in [7, 11) is 0. The highest BCUT2D eigenvalue weighted by molar-refractivity contribution is 8.03. The maximum atomic E-state index is 12.6. The number of rotatable bonds is 11. The van der Waals surface area contributed by atoms with E-state index in [9.17, 15) is 19.6 Å². The van der Waals surface area contributed by atoms with E-state index in [4.69, 9.17) is 25.8 Å². The van der Waals surface area contributed by atoms with Crippen molar-refractivity contribution in [1.82, 2.24) is 0 Å². The number of hydrogen-bond donors (Lipinski definition) is 0. The van der Waals surface area contributed by atoms with Gasteiger partial charge in [0, 0.05) is 27.6 Å². The fourth-order valence-electron chi connectivity index (χ4n) is 2.77. The molecule has 1 aliphatic rings. The highest BCUT2D eigenvalue weighted by Gasteiger charge is 2.31. The van der Waals surface area contributed by atoms with Gasteiger partial charge in [0.1, 0.15) is 24.3 Å². The molecule has 1 heterocycles. The first-order chi connectivity index (χ1) is 16.1. The van der Waals surface area contributed by atoms with Gasteiger partial charge in [-0.2, -0.15) is 5.26 Å². The van der Waals surface area contributed by atoms with Gasteiger partial charge in [-0.3, -0.25) is 0 Å². The summed E-state index contributed by atoms with van der Waals surface area (Å²) in [4.78, 5) is 38.2. The maximum absolute atomic E-state index is 12.6. The molecule has 0 amide bonds. The van der Waals surface area contributed by atoms with Crippen molar-refractivity contribution in [3.05, 3.63) is 58.1 Å². The number of thioether (sulfide) groups is 1. The normalized spacial score (nSPS) is 13.4. The topological polar surface area (TPSA) is 106 Å². The molecule has 0 N–H and O–H groups in total. The zero-order valence-corrected chi connectivity index (χ0v) is 20.6. The Morgan fingerprint density at radius 3 is 2.18 bits per heavy atom. The van der Waals surface area contributed by atoms with Gasteiger partial charge in [0.25, 0.3) is 0 Å². The molecule has 34 heavy (non-hydrogen) atoms. The third kappa shape index (κ3) is 7.40. The molecule has 0 saturated carbocycles. The number of anilines is 1. The van der Waals surface area contributed by atoms with Gasteiger partial charge in [-0.05, 0) is 44.9 Å². The Labute approximate surface area is 207 Å². The van der Waals surface area contributed by atoms with Crippen LogP contribution in [0.5, 0.6) is 0 Å². The summed E-state index contributed by atoms with van der Waals surface area (Å²) < 4.78 is 15.2. The van der Waals surface area contributed by atoms with E-state index in [0.717, 1.165) is 10.6 Å². The molecule has 1 aliphatic heterocycles. The molecule has 0 unspecified atom stereocenters. The van der Waals surface area contributed by atoms with E-state index in [2.05, 4.69) is 13.2 Å². The van der Waals surface area contributed by atoms with Crippen LogP contribution in [-0.4, -0.2) is 44.3 Å². The summed E-state index contributed by atoms with van der Waals surface area (Å²) in [5.41, 5.74) is 1.20. The van der Waals surface area contributed by atoms with Crippen LogP contribution < -0.4 is 4.90 Å². The fraction of sp³-hybridized carbons (Fsp3) is 0.333. The van der Waals surface area contributed by atoms with Crippen molar-refractivity contribution in [2.45, 2.75) is 31.6 Å². The van der Waals surface area contributed by atoms with Gasteiger partial charge in [0.15, 0.2) is 5.57 Å². The fourth-order valence-corrected chi connectivity index (χ4v) is 4.22. The maximum Gasteiger partial charge on any atom is 0.351 e. The molecule has 1 aromatic rings. The molecule has 2 rings (SSSR count). The molecule has 180 valence electrons. The lowest BCUT2D eigenvalue weighted by Crippen LogP contribution is -2.23. The van der Waals surface area contributed by atoms with Crippen LogP contribution in [0.3, 0.4) is 0 Å². The van der Waals surface area contributed by atoms with E-state index in [1.807, 2.05) is 17.0 Å². The quantitative estimate of drug-likeness (QED) is 0.141. The summed E-state index contributed by atoms with van der Waals surface area (Å²) in [5, 5.41) is 10.7. The molecule has 10 heteroatoms. The zero-order chi connectivity index (χ0) is 25.3. The number of esters is 3. The SMILES string of the molecule is C=C(C)C(=O)OCCCCN1C(=C(C#N)C(=O)OCCOC(=O)C(=C)C)Sc2cc(Cl)ccc21. The van der Waals surface area contributed by atoms with Gasteiger partial charge in [0.2, 0.25) is 0 Å². The molecule has 0 radical (unpaired) electrons. The number of carbonyl (C=O) groups is 3. The molecular formula is C24H25ClN2O6S. The zero-order valence-electron chi connectivity index (χ0n) is 19.0. The standard InChI is InChI=1S/C24H25ClN2O6S/c1-15(2)22(28)31-10-6-5-9-27-19-8-7-17(25)13-20(19)34-21(27)18(14-26)24(30)33-12-11-32-23(29)16(3)4/h7-8,13H,1,3,5-6,9-12H2,2,4H3. The summed E-state index contributed by atoms with van der Waals surface area (Å²) in [6.45, 7) is 10.4. The predicted molar refractivity (Wildman–Crippen MR) is 129 cm³/mol. The average molecular weight is 505 g/mol. The van der Waals surface area contributed by atoms with E-state index in [-0.39, 0.29) is 31.0 Å². The first-order valence-corrected chi connectivity index (χ1v) is 11.6. The predicted octanol–water partition coefficient (Wildman–Crippen LogP) is 4.55. The van der Waals surface area contributed by atoms with Crippen LogP contribution in [-0.2, 0) is 28.6 Å². The van der Waals surface area contributed by atoms with Crippen molar-refractivity contribution in [3.63, 3.8) is 0 Å². The average Bonchev–Trinajstić information content (AvgIpc) is 3.13. The van der Waals surface area contributed by atoms with Crippen LogP contribution in [0.25, 0.3) is 0 Å². The Morgan fingerprint density at radius 2 is 1.59 bits per heavy atom. The molecule has 0 atom stereocenters. The molecule has 0 fully saturated rings. The highest BCUT2D eigenvalue weighted by atomic mass is 35.5. The Bertz CT molecular complexity index is 1080. The summed E-state index contributed by atoms with van der Waals surface area (Å²) in [5.74, 6) is -1.86. The number of carbonyl (C=O) groups excluding carboxylic acids is 3. The van der Waals surface area contributed by atoms with Gasteiger partial charge in [-0.25, -0.2) is 14.4 Å². The number of nitriles is 1. The summed E-state index contributed by atoms with van der Waals surface area (Å²) in [6.07, 6.45) is 1.21. The van der Waals surface area contributed by atoms with Crippen molar-refractivity contribution in [2.75, 3.05) is 31.3 Å². The Kier molecular flexibility index (Phi) is 10.2. The number of halogens is 1. The molecule has 0 aromatic heterocycles. The van der Waals surface area contributed by atoms with Crippen molar-refractivity contribution in [1.29, 1.82) is 5.26 Å². The third-order valence-corrected chi connectivity index (χ3v) is 5.85. The van der Waals surface area contributed by atoms with Crippen LogP contribution in [0, 0.1) is 11.3 Å². The van der Waals surface area contributed by atoms with Crippen LogP contribution in [0.1, 0.15) is 26.7 Å². The number of benzene rings is 1. The number of ether oxygens (including phenoxy) is 3. The largest absolute Gasteiger partial charge is 0.462 e. The Morgan fingerprint density at radius 1 is 1.00 bits per heavy atom. The van der Waals surface area contributed by atoms with Crippen molar-refractivity contribution in [3.8, 4) is 6.07 Å². The van der Waals surface area contributed by atoms with E-state index in [1.54, 1.807) is 19.1 Å². The summed E-state index contributed by atoms with van der Waals surface area (Å²) >= 11 is 7.36. The Balaban J connectivity index is 2.10. The van der Waals surface area contributed by atoms with Crippen molar-refractivity contribution < 1.29 is 28.6 Å². The van der Waals surface area contributed by atoms with E-state index in [1.165, 1.54) is 18.7 Å². The van der Waals surface area contributed by atoms with E-state index in [0.29, 0.717) is 35.0 Å². The lowest BCUT2D eigenvalue weighted by atomic mass is 10.2. The minimum atomic E-state index is -0.823. The Hall–Kier alpha value is -3.22. The second-order valence-electron chi connectivity index (χ2n) is 7.33. The molecular weight excluding hydrogens is 480 g/mol. The van der Waals surface area contributed by atoms with Gasteiger partial charge in [0.05, 0.1) is 12.3 Å². The molecule has 0 aliphatic carbocycles. The number of unbranched alkanes of at least 4 members (excludes halogenated alkanes) is 1. The summed E-state index contributed by atoms with van der Waals surface area (Å²) in [6, 6.07) is 7.23. The monoisotopic (exact) mass is 504 g/mol. The van der Waals surface area contributed by atoms with Crippen LogP contribution in [0.4, 0.5) is 5.69 Å². The van der Waals surface area contributed by atoms with E-state index >= 15 is 0 Å². The molecule has 8 nitrogen and oxygen atoms in total. The van der Waals surface area contributed by atoms with Crippen LogP contribution >= 0.6 is 23.4 Å². The van der Waals surface area contributed by atoms with Gasteiger partial charge >= 0.3 is 17.9 Å². The molecule has 0 bridgehead atoms. The van der Waals surface area contributed by atoms with Gasteiger partial charge in [-0.15, -0.1) is 0 Å². The molecule has 0 saturated heterocycles. The minimum Gasteiger partial charge on any atom is -0.462 e. The smallest absolute Gasteiger partial charge is 0.351 e. The first kappa shape index (κ1) is 27.0. The van der Waals surface area contributed by atoms with Crippen LogP contribution in [0.15, 0.2) is 58.0 Å². The van der Waals surface area contributed by atoms with Crippen molar-refractivity contribution >= 4 is 47.0 Å². The number of hydrogen-bond acceptors (Lipinski definition) is 9. The van der Waals surface area contributed by atoms with E-state index < -0.39 is 17.9 Å². The second-order valence-corrected chi connectivity index (χ2v) is 8.80. The third-order valence-electron chi connectivity index (χ3n) is 4.45. The van der Waals surface area contributed by atoms with Crippen molar-refractivity contribution in [2.24, 2.45) is 0 Å². The second kappa shape index (κ2) is 12.9. The highest BCUT2D eigenvalue weighted by Crippen LogP contribution is 2.48. The van der Waals surface area contributed by atoms with Gasteiger partial charge < -0.3 is 19.1 Å². The molecule has 0 spiro atoms. The lowest BCUT2D eigenvalue weighted by Gasteiger charge is -2.21. The first-order valence-electron chi connectivity index (χ1n) is 10.4. The molecule has 1 aromatic carbocycles. The lowest BCUT2D eigenvalue weighted by molar-refractivity contribution is -0.147. The van der Waals surface area contributed by atoms with Crippen LogP contribution in [0.2, 0.25) is 5.02 Å². The number of nitrogens with zero attached hydrogens (tertiary/aromatic N) is 2. The number of fused-ring (bicyclic) bond motifs is 1. The van der Waals surface area contributed by atoms with Gasteiger partial charge in [-0.1, -0.05) is 36.5 Å². The minimum absolute atomic E-state index is 0.152.